The second kappa shape index (κ2) is 3.37. The first-order valence-electron chi connectivity index (χ1n) is 6.41. The third kappa shape index (κ3) is 1.58. The van der Waals surface area contributed by atoms with Gasteiger partial charge in [0.2, 0.25) is 0 Å². The molecule has 1 aromatic rings. The third-order valence-electron chi connectivity index (χ3n) is 1.19. The van der Waals surface area contributed by atoms with E-state index in [2.05, 4.69) is 0 Å². The van der Waals surface area contributed by atoms with E-state index in [-0.39, 0.29) is 5.56 Å². The van der Waals surface area contributed by atoms with Crippen molar-refractivity contribution in [2.75, 3.05) is 0 Å². The summed E-state index contributed by atoms with van der Waals surface area (Å²) < 4.78 is 51.7. The van der Waals surface area contributed by atoms with E-state index >= 15 is 0 Å². The molecule has 10 heavy (non-hydrogen) atoms. The van der Waals surface area contributed by atoms with E-state index in [4.69, 9.17) is 9.64 Å². The van der Waals surface area contributed by atoms with Crippen molar-refractivity contribution < 1.29 is 9.64 Å². The molecule has 0 saturated heterocycles. The van der Waals surface area contributed by atoms with E-state index in [1.165, 1.54) is 12.1 Å². The summed E-state index contributed by atoms with van der Waals surface area (Å²) in [6, 6.07) is 5.27. The molecule has 0 aromatic heterocycles. The van der Waals surface area contributed by atoms with Crippen LogP contribution in [0.2, 0.25) is 1.41 Å². The summed E-state index contributed by atoms with van der Waals surface area (Å²) >= 11 is 0. The van der Waals surface area contributed by atoms with Gasteiger partial charge in [0.1, 0.15) is 1.41 Å². The molecule has 2 N–H and O–H groups in total. The largest absolute Gasteiger partial charge is 0.324 e. The molecule has 0 aliphatic carbocycles. The Morgan fingerprint density at radius 3 is 3.20 bits per heavy atom. The fraction of sp³-hybridized carbons (Fsp3) is 0.333. The topological polar surface area (TPSA) is 26.0 Å². The molecule has 0 heterocycles. The highest BCUT2D eigenvalue weighted by Crippen LogP contribution is 2.11. The van der Waals surface area contributed by atoms with Crippen molar-refractivity contribution in [1.82, 2.24) is 0 Å². The van der Waals surface area contributed by atoms with Crippen molar-refractivity contribution in [3.8, 4) is 0 Å². The zero-order chi connectivity index (χ0) is 13.3. The van der Waals surface area contributed by atoms with Crippen LogP contribution in [0.15, 0.2) is 30.3 Å². The quantitative estimate of drug-likeness (QED) is 0.687. The summed E-state index contributed by atoms with van der Waals surface area (Å²) in [4.78, 5) is 0. The van der Waals surface area contributed by atoms with Gasteiger partial charge in [-0.3, -0.25) is 0 Å². The Bertz CT molecular complexity index is 375. The lowest BCUT2D eigenvalue weighted by Gasteiger charge is -2.06. The third-order valence-corrected chi connectivity index (χ3v) is 1.19. The predicted octanol–water partition coefficient (Wildman–Crippen LogP) is 2.10. The maximum absolute atomic E-state index is 7.94. The maximum atomic E-state index is 7.94. The Morgan fingerprint density at radius 1 is 1.80 bits per heavy atom. The second-order valence-electron chi connectivity index (χ2n) is 1.87. The van der Waals surface area contributed by atoms with Crippen molar-refractivity contribution in [3.05, 3.63) is 35.9 Å². The molecule has 0 aliphatic heterocycles. The lowest BCUT2D eigenvalue weighted by molar-refractivity contribution is 0.699. The second-order valence-corrected chi connectivity index (χ2v) is 1.87. The number of nitrogens with two attached hydrogens (primary N) is 1. The molecule has 0 spiro atoms. The predicted molar refractivity (Wildman–Crippen MR) is 43.7 cm³/mol. The Kier molecular flexibility index (Phi) is 0.792. The number of hydrogen-bond donors (Lipinski definition) is 1. The molecular weight excluding hydrogens is 122 g/mol. The van der Waals surface area contributed by atoms with Crippen LogP contribution in [0.3, 0.4) is 0 Å². The van der Waals surface area contributed by atoms with Gasteiger partial charge in [-0.05, 0) is 11.9 Å². The van der Waals surface area contributed by atoms with E-state index < -0.39 is 19.2 Å². The van der Waals surface area contributed by atoms with E-state index in [1.54, 1.807) is 23.9 Å². The van der Waals surface area contributed by atoms with Crippen LogP contribution in [0.4, 0.5) is 0 Å². The van der Waals surface area contributed by atoms with Gasteiger partial charge < -0.3 is 5.73 Å². The van der Waals surface area contributed by atoms with Gasteiger partial charge in [0.15, 0.2) is 0 Å². The molecule has 1 heteroatoms. The summed E-state index contributed by atoms with van der Waals surface area (Å²) in [5.74, 6) is 0. The van der Waals surface area contributed by atoms with E-state index in [0.29, 0.717) is 0 Å². The van der Waals surface area contributed by atoms with Crippen molar-refractivity contribution in [3.63, 3.8) is 0 Å². The van der Waals surface area contributed by atoms with Gasteiger partial charge in [-0.2, -0.15) is 0 Å². The molecule has 1 rings (SSSR count). The Balaban J connectivity index is 3.31. The minimum absolute atomic E-state index is 0.0936. The summed E-state index contributed by atoms with van der Waals surface area (Å²) in [5.41, 5.74) is 1.82. The minimum atomic E-state index is -3.00. The van der Waals surface area contributed by atoms with Crippen molar-refractivity contribution in [2.45, 2.75) is 19.2 Å². The van der Waals surface area contributed by atoms with Gasteiger partial charge in [-0.1, -0.05) is 37.2 Å². The van der Waals surface area contributed by atoms with E-state index in [9.17, 15) is 0 Å². The number of benzene rings is 1. The molecule has 0 aliphatic rings. The number of hydrogen-bond acceptors (Lipinski definition) is 1. The Labute approximate surface area is 71.8 Å². The van der Waals surface area contributed by atoms with Crippen molar-refractivity contribution >= 4 is 0 Å². The first-order valence-corrected chi connectivity index (χ1v) is 2.91. The van der Waals surface area contributed by atoms with E-state index in [0.717, 1.165) is 0 Å². The van der Waals surface area contributed by atoms with Crippen LogP contribution in [-0.2, 0) is 0 Å². The fourth-order valence-electron chi connectivity index (χ4n) is 0.677. The van der Waals surface area contributed by atoms with Gasteiger partial charge in [-0.25, -0.2) is 0 Å². The summed E-state index contributed by atoms with van der Waals surface area (Å²) in [6.45, 7) is -3.00. The first-order chi connectivity index (χ1) is 7.67. The summed E-state index contributed by atoms with van der Waals surface area (Å²) in [7, 11) is 0. The Morgan fingerprint density at radius 2 is 2.60 bits per heavy atom. The van der Waals surface area contributed by atoms with Gasteiger partial charge in [-0.15, -0.1) is 0 Å². The molecule has 0 amide bonds. The molecule has 0 bridgehead atoms. The maximum Gasteiger partial charge on any atom is 0.119 e. The van der Waals surface area contributed by atoms with Crippen LogP contribution in [0.5, 0.6) is 0 Å². The molecule has 1 atom stereocenters. The zero-order valence-corrected chi connectivity index (χ0v) is 5.39. The smallest absolute Gasteiger partial charge is 0.119 e. The molecular formula is C9H13N. The molecule has 0 unspecified atom stereocenters. The van der Waals surface area contributed by atoms with Crippen LogP contribution in [0, 0.1) is 0 Å². The Hall–Kier alpha value is -0.820. The highest BCUT2D eigenvalue weighted by atomic mass is 14.6. The van der Waals surface area contributed by atoms with Crippen molar-refractivity contribution in [2.24, 2.45) is 5.73 Å². The number of rotatable bonds is 3. The molecule has 54 valence electrons. The molecule has 0 fully saturated rings. The van der Waals surface area contributed by atoms with E-state index in [1.807, 2.05) is 0 Å². The van der Waals surface area contributed by atoms with Crippen LogP contribution >= 0.6 is 0 Å². The van der Waals surface area contributed by atoms with Gasteiger partial charge >= 0.3 is 0 Å². The SMILES string of the molecule is [2H]N[C@@]([2H])(c1ccccc1)C([2H])([2H])C([2H])([2H])[2H]. The highest BCUT2D eigenvalue weighted by Gasteiger charge is 1.99. The normalized spacial score (nSPS) is 29.0. The summed E-state index contributed by atoms with van der Waals surface area (Å²) in [5, 5.41) is 0. The van der Waals surface area contributed by atoms with Crippen molar-refractivity contribution in [1.29, 1.82) is 0 Å². The lowest BCUT2D eigenvalue weighted by atomic mass is 10.1. The first kappa shape index (κ1) is 2.35. The van der Waals surface area contributed by atoms with Gasteiger partial charge in [0, 0.05) is 12.9 Å². The molecule has 0 radical (unpaired) electrons. The van der Waals surface area contributed by atoms with Gasteiger partial charge in [0.25, 0.3) is 0 Å². The molecule has 1 aromatic carbocycles. The van der Waals surface area contributed by atoms with Gasteiger partial charge in [0.05, 0.1) is 1.37 Å². The van der Waals surface area contributed by atoms with Crippen LogP contribution in [0.1, 0.15) is 33.0 Å². The standard InChI is InChI=1S/C9H13N/c1-2-9(10)8-6-4-3-5-7-8/h3-7,9H,2,10H2,1H3/t9-/m1/s1/i1D3,2D2,9D/hD. The minimum Gasteiger partial charge on any atom is -0.324 e. The average molecular weight is 142 g/mol. The van der Waals surface area contributed by atoms with Crippen LogP contribution < -0.4 is 5.73 Å². The molecule has 1 nitrogen and oxygen atoms in total. The lowest BCUT2D eigenvalue weighted by Crippen LogP contribution is -2.07. The average Bonchev–Trinajstić information content (AvgIpc) is 2.27. The van der Waals surface area contributed by atoms with Crippen LogP contribution in [-0.4, -0.2) is 0 Å². The zero-order valence-electron chi connectivity index (χ0n) is 12.4. The monoisotopic (exact) mass is 142 g/mol. The fourth-order valence-corrected chi connectivity index (χ4v) is 0.677. The van der Waals surface area contributed by atoms with Crippen LogP contribution in [0.25, 0.3) is 0 Å². The summed E-state index contributed by atoms with van der Waals surface area (Å²) in [6.07, 6.45) is -2.89. The molecule has 0 saturated carbocycles. The highest BCUT2D eigenvalue weighted by molar-refractivity contribution is 5.17.